The number of thiocarbonyl (C=S) groups is 1. The van der Waals surface area contributed by atoms with Gasteiger partial charge in [0.05, 0.1) is 24.2 Å². The van der Waals surface area contributed by atoms with Crippen LogP contribution in [0.15, 0.2) is 51.8 Å². The molecule has 184 valence electrons. The zero-order chi connectivity index (χ0) is 24.8. The molecule has 0 unspecified atom stereocenters. The summed E-state index contributed by atoms with van der Waals surface area (Å²) in [6.45, 7) is 3.34. The van der Waals surface area contributed by atoms with Crippen molar-refractivity contribution in [3.05, 3.63) is 57.4 Å². The highest BCUT2D eigenvalue weighted by atomic mass is 79.9. The molecular formula is C25H25BrN2O5S2. The Balaban J connectivity index is 1.41. The Kier molecular flexibility index (Phi) is 8.83. The van der Waals surface area contributed by atoms with Crippen LogP contribution in [0.25, 0.3) is 6.08 Å². The lowest BCUT2D eigenvalue weighted by Gasteiger charge is -2.18. The summed E-state index contributed by atoms with van der Waals surface area (Å²) in [5.74, 6) is 0.542. The van der Waals surface area contributed by atoms with Crippen LogP contribution in [0.4, 0.5) is 5.69 Å². The molecule has 1 atom stereocenters. The Morgan fingerprint density at radius 1 is 1.26 bits per heavy atom. The molecule has 2 amide bonds. The van der Waals surface area contributed by atoms with Gasteiger partial charge in [-0.3, -0.25) is 14.5 Å². The van der Waals surface area contributed by atoms with E-state index >= 15 is 0 Å². The van der Waals surface area contributed by atoms with Gasteiger partial charge in [-0.05, 0) is 67.8 Å². The van der Waals surface area contributed by atoms with Crippen LogP contribution < -0.4 is 14.8 Å². The van der Waals surface area contributed by atoms with Crippen LogP contribution in [-0.4, -0.2) is 53.5 Å². The number of hydrogen-bond donors (Lipinski definition) is 1. The lowest BCUT2D eigenvalue weighted by Crippen LogP contribution is -2.35. The van der Waals surface area contributed by atoms with Gasteiger partial charge in [-0.15, -0.1) is 0 Å². The molecule has 4 rings (SSSR count). The number of thioether (sulfide) groups is 1. The maximum Gasteiger partial charge on any atom is 0.266 e. The van der Waals surface area contributed by atoms with Crippen molar-refractivity contribution < 1.29 is 23.8 Å². The smallest absolute Gasteiger partial charge is 0.266 e. The van der Waals surface area contributed by atoms with Crippen molar-refractivity contribution in [3.8, 4) is 11.5 Å². The van der Waals surface area contributed by atoms with E-state index in [0.717, 1.165) is 29.5 Å². The first-order chi connectivity index (χ1) is 16.9. The topological polar surface area (TPSA) is 77.1 Å². The molecule has 0 spiro atoms. The summed E-state index contributed by atoms with van der Waals surface area (Å²) < 4.78 is 18.6. The first-order valence-corrected chi connectivity index (χ1v) is 13.3. The van der Waals surface area contributed by atoms with Crippen LogP contribution in [-0.2, 0) is 14.3 Å². The van der Waals surface area contributed by atoms with Gasteiger partial charge in [-0.25, -0.2) is 0 Å². The minimum Gasteiger partial charge on any atom is -0.490 e. The number of amides is 2. The summed E-state index contributed by atoms with van der Waals surface area (Å²) in [4.78, 5) is 27.4. The number of ether oxygens (including phenoxy) is 3. The lowest BCUT2D eigenvalue weighted by molar-refractivity contribution is -0.123. The fourth-order valence-corrected chi connectivity index (χ4v) is 5.22. The number of halogens is 1. The third-order valence-corrected chi connectivity index (χ3v) is 7.24. The zero-order valence-electron chi connectivity index (χ0n) is 19.1. The van der Waals surface area contributed by atoms with E-state index in [-0.39, 0.29) is 24.5 Å². The molecule has 2 aromatic carbocycles. The van der Waals surface area contributed by atoms with Gasteiger partial charge in [0.15, 0.2) is 18.1 Å². The number of carbonyl (C=O) groups is 2. The average Bonchev–Trinajstić information content (AvgIpc) is 3.44. The summed E-state index contributed by atoms with van der Waals surface area (Å²) in [6.07, 6.45) is 3.78. The summed E-state index contributed by atoms with van der Waals surface area (Å²) in [5, 5.41) is 2.79. The third-order valence-electron chi connectivity index (χ3n) is 5.34. The predicted molar refractivity (Wildman–Crippen MR) is 145 cm³/mol. The van der Waals surface area contributed by atoms with Gasteiger partial charge in [-0.1, -0.05) is 46.0 Å². The molecule has 0 aliphatic carbocycles. The number of hydrogen-bond acceptors (Lipinski definition) is 7. The van der Waals surface area contributed by atoms with Crippen molar-refractivity contribution in [2.45, 2.75) is 25.9 Å². The normalized spacial score (nSPS) is 18.9. The van der Waals surface area contributed by atoms with Crippen molar-refractivity contribution in [1.29, 1.82) is 0 Å². The van der Waals surface area contributed by atoms with Crippen LogP contribution >= 0.6 is 39.9 Å². The predicted octanol–water partition coefficient (Wildman–Crippen LogP) is 5.25. The molecule has 2 fully saturated rings. The number of nitrogens with zero attached hydrogens (tertiary/aromatic N) is 1. The van der Waals surface area contributed by atoms with Gasteiger partial charge in [0.2, 0.25) is 0 Å². The molecule has 0 radical (unpaired) electrons. The number of benzene rings is 2. The van der Waals surface area contributed by atoms with Gasteiger partial charge < -0.3 is 19.5 Å². The van der Waals surface area contributed by atoms with Crippen LogP contribution in [0.2, 0.25) is 0 Å². The summed E-state index contributed by atoms with van der Waals surface area (Å²) in [6, 6.07) is 12.6. The summed E-state index contributed by atoms with van der Waals surface area (Å²) in [5.41, 5.74) is 1.46. The maximum absolute atomic E-state index is 12.9. The third kappa shape index (κ3) is 6.84. The van der Waals surface area contributed by atoms with Crippen molar-refractivity contribution in [3.63, 3.8) is 0 Å². The molecule has 2 heterocycles. The Bertz CT molecular complexity index is 1130. The highest BCUT2D eigenvalue weighted by molar-refractivity contribution is 9.10. The minimum atomic E-state index is -0.284. The molecule has 2 saturated heterocycles. The fraction of sp³-hybridized carbons (Fsp3) is 0.320. The second-order valence-electron chi connectivity index (χ2n) is 7.91. The van der Waals surface area contributed by atoms with E-state index in [9.17, 15) is 9.59 Å². The van der Waals surface area contributed by atoms with Crippen molar-refractivity contribution >= 4 is 67.8 Å². The van der Waals surface area contributed by atoms with E-state index < -0.39 is 0 Å². The molecule has 0 aromatic heterocycles. The molecule has 2 aliphatic rings. The van der Waals surface area contributed by atoms with Crippen LogP contribution in [0, 0.1) is 0 Å². The van der Waals surface area contributed by atoms with E-state index in [2.05, 4.69) is 21.2 Å². The van der Waals surface area contributed by atoms with Crippen molar-refractivity contribution in [2.24, 2.45) is 0 Å². The summed E-state index contributed by atoms with van der Waals surface area (Å²) >= 11 is 10.1. The second-order valence-corrected chi connectivity index (χ2v) is 10.5. The van der Waals surface area contributed by atoms with Gasteiger partial charge in [-0.2, -0.15) is 0 Å². The first kappa shape index (κ1) is 25.7. The van der Waals surface area contributed by atoms with E-state index in [0.29, 0.717) is 39.6 Å². The van der Waals surface area contributed by atoms with Gasteiger partial charge in [0.1, 0.15) is 4.32 Å². The number of nitrogens with one attached hydrogen (secondary N) is 1. The number of anilines is 1. The molecule has 10 heteroatoms. The molecule has 2 aromatic rings. The van der Waals surface area contributed by atoms with Crippen molar-refractivity contribution in [2.75, 3.05) is 31.7 Å². The number of carbonyl (C=O) groups excluding carboxylic acids is 2. The quantitative estimate of drug-likeness (QED) is 0.323. The van der Waals surface area contributed by atoms with E-state index in [1.165, 1.54) is 11.8 Å². The SMILES string of the molecule is CCOc1cc(/C=C2\SC(=S)N(C[C@@H]3CCCO3)C2=O)ccc1OCC(=O)Nc1ccc(Br)cc1. The summed E-state index contributed by atoms with van der Waals surface area (Å²) in [7, 11) is 0. The second kappa shape index (κ2) is 12.0. The highest BCUT2D eigenvalue weighted by Gasteiger charge is 2.34. The Morgan fingerprint density at radius 3 is 2.77 bits per heavy atom. The highest BCUT2D eigenvalue weighted by Crippen LogP contribution is 2.35. The number of rotatable bonds is 9. The van der Waals surface area contributed by atoms with Gasteiger partial charge >= 0.3 is 0 Å². The standard InChI is InChI=1S/C25H25BrN2O5S2/c1-2-31-21-12-16(13-22-24(30)28(25(34)35-22)14-19-4-3-11-32-19)5-10-20(21)33-15-23(29)27-18-8-6-17(26)7-9-18/h5-10,12-13,19H,2-4,11,14-15H2,1H3,(H,27,29)/b22-13-/t19-/m0/s1. The zero-order valence-corrected chi connectivity index (χ0v) is 22.3. The maximum atomic E-state index is 12.9. The Hall–Kier alpha value is -2.40. The molecule has 7 nitrogen and oxygen atoms in total. The molecule has 2 aliphatic heterocycles. The van der Waals surface area contributed by atoms with Crippen LogP contribution in [0.3, 0.4) is 0 Å². The Labute approximate surface area is 222 Å². The lowest BCUT2D eigenvalue weighted by atomic mass is 10.1. The van der Waals surface area contributed by atoms with E-state index in [4.69, 9.17) is 26.4 Å². The van der Waals surface area contributed by atoms with E-state index in [1.807, 2.05) is 25.1 Å². The van der Waals surface area contributed by atoms with Crippen LogP contribution in [0.5, 0.6) is 11.5 Å². The average molecular weight is 578 g/mol. The molecular weight excluding hydrogens is 552 g/mol. The fourth-order valence-electron chi connectivity index (χ4n) is 3.68. The molecule has 1 N–H and O–H groups in total. The van der Waals surface area contributed by atoms with Gasteiger partial charge in [0, 0.05) is 16.8 Å². The minimum absolute atomic E-state index is 0.0406. The van der Waals surface area contributed by atoms with Gasteiger partial charge in [0.25, 0.3) is 11.8 Å². The van der Waals surface area contributed by atoms with Crippen LogP contribution in [0.1, 0.15) is 25.3 Å². The van der Waals surface area contributed by atoms with E-state index in [1.54, 1.807) is 35.2 Å². The molecule has 0 saturated carbocycles. The first-order valence-electron chi connectivity index (χ1n) is 11.2. The van der Waals surface area contributed by atoms with Crippen molar-refractivity contribution in [1.82, 2.24) is 4.90 Å². The Morgan fingerprint density at radius 2 is 2.06 bits per heavy atom. The molecule has 0 bridgehead atoms. The largest absolute Gasteiger partial charge is 0.490 e. The molecule has 35 heavy (non-hydrogen) atoms. The monoisotopic (exact) mass is 576 g/mol.